The molecule has 1 aromatic rings. The predicted molar refractivity (Wildman–Crippen MR) is 94.1 cm³/mol. The summed E-state index contributed by atoms with van der Waals surface area (Å²) < 4.78 is 9.88. The van der Waals surface area contributed by atoms with Crippen molar-refractivity contribution in [2.24, 2.45) is 10.9 Å². The van der Waals surface area contributed by atoms with Gasteiger partial charge in [-0.25, -0.2) is 14.6 Å². The maximum Gasteiger partial charge on any atom is 0.355 e. The van der Waals surface area contributed by atoms with Crippen LogP contribution in [0.15, 0.2) is 40.5 Å². The number of carbonyl (C=O) groups excluding carboxylic acids is 2. The van der Waals surface area contributed by atoms with E-state index in [0.29, 0.717) is 5.56 Å². The van der Waals surface area contributed by atoms with Gasteiger partial charge in [0.25, 0.3) is 0 Å². The first kappa shape index (κ1) is 19.7. The zero-order valence-electron chi connectivity index (χ0n) is 14.5. The van der Waals surface area contributed by atoms with E-state index >= 15 is 0 Å². The molecule has 0 saturated heterocycles. The summed E-state index contributed by atoms with van der Waals surface area (Å²) in [5.74, 6) is -4.89. The topological polar surface area (TPSA) is 102 Å². The first-order valence-corrected chi connectivity index (χ1v) is 8.23. The largest absolute Gasteiger partial charge is 0.476 e. The van der Waals surface area contributed by atoms with E-state index in [9.17, 15) is 19.5 Å². The van der Waals surface area contributed by atoms with E-state index in [-0.39, 0.29) is 22.9 Å². The molecule has 0 bridgehead atoms. The molecule has 1 aliphatic heterocycles. The molecule has 0 radical (unpaired) electrons. The summed E-state index contributed by atoms with van der Waals surface area (Å²) in [6.07, 6.45) is 0. The van der Waals surface area contributed by atoms with Crippen molar-refractivity contribution < 1.29 is 29.0 Å². The number of aliphatic imine (C=N–C) groups is 1. The van der Waals surface area contributed by atoms with E-state index in [2.05, 4.69) is 4.99 Å². The zero-order chi connectivity index (χ0) is 19.4. The lowest BCUT2D eigenvalue weighted by atomic mass is 9.75. The molecule has 2 unspecified atom stereocenters. The SMILES string of the molecule is CCOC(=O)C1=C(C(=O)O)N=C(C)C(C(=O)OC)C1c1ccccc1Cl. The number of ether oxygens (including phenoxy) is 2. The van der Waals surface area contributed by atoms with Gasteiger partial charge in [-0.2, -0.15) is 0 Å². The molecule has 0 amide bonds. The van der Waals surface area contributed by atoms with E-state index < -0.39 is 35.4 Å². The van der Waals surface area contributed by atoms with E-state index in [0.717, 1.165) is 0 Å². The fraction of sp³-hybridized carbons (Fsp3) is 0.333. The number of hydrogen-bond acceptors (Lipinski definition) is 6. The highest BCUT2D eigenvalue weighted by Gasteiger charge is 2.45. The zero-order valence-corrected chi connectivity index (χ0v) is 15.2. The summed E-state index contributed by atoms with van der Waals surface area (Å²) in [6.45, 7) is 3.14. The first-order chi connectivity index (χ1) is 12.3. The Bertz CT molecular complexity index is 814. The Labute approximate surface area is 155 Å². The van der Waals surface area contributed by atoms with Gasteiger partial charge in [0, 0.05) is 16.7 Å². The van der Waals surface area contributed by atoms with Crippen molar-refractivity contribution in [1.82, 2.24) is 0 Å². The molecular weight excluding hydrogens is 362 g/mol. The Kier molecular flexibility index (Phi) is 6.15. The van der Waals surface area contributed by atoms with Gasteiger partial charge in [0.2, 0.25) is 0 Å². The normalized spacial score (nSPS) is 19.6. The number of carboxylic acids is 1. The maximum absolute atomic E-state index is 12.6. The summed E-state index contributed by atoms with van der Waals surface area (Å²) in [6, 6.07) is 6.59. The summed E-state index contributed by atoms with van der Waals surface area (Å²) >= 11 is 6.28. The lowest BCUT2D eigenvalue weighted by molar-refractivity contribution is -0.144. The molecule has 1 heterocycles. The number of benzene rings is 1. The van der Waals surface area contributed by atoms with Crippen molar-refractivity contribution in [1.29, 1.82) is 0 Å². The van der Waals surface area contributed by atoms with E-state index in [1.165, 1.54) is 14.0 Å². The molecule has 2 atom stereocenters. The van der Waals surface area contributed by atoms with Crippen molar-refractivity contribution in [3.63, 3.8) is 0 Å². The van der Waals surface area contributed by atoms with Gasteiger partial charge in [-0.3, -0.25) is 4.79 Å². The van der Waals surface area contributed by atoms with Crippen LogP contribution in [0.3, 0.4) is 0 Å². The van der Waals surface area contributed by atoms with Gasteiger partial charge in [0.05, 0.1) is 19.3 Å². The van der Waals surface area contributed by atoms with E-state index in [1.54, 1.807) is 31.2 Å². The molecule has 0 saturated carbocycles. The highest BCUT2D eigenvalue weighted by atomic mass is 35.5. The molecule has 0 aliphatic carbocycles. The first-order valence-electron chi connectivity index (χ1n) is 7.85. The molecule has 0 spiro atoms. The van der Waals surface area contributed by atoms with Crippen molar-refractivity contribution in [2.45, 2.75) is 19.8 Å². The lowest BCUT2D eigenvalue weighted by Gasteiger charge is -2.31. The number of esters is 2. The van der Waals surface area contributed by atoms with Gasteiger partial charge in [-0.15, -0.1) is 0 Å². The molecule has 26 heavy (non-hydrogen) atoms. The summed E-state index contributed by atoms with van der Waals surface area (Å²) in [5.41, 5.74) is -0.0627. The monoisotopic (exact) mass is 379 g/mol. The number of hydrogen-bond donors (Lipinski definition) is 1. The molecular formula is C18H18ClNO6. The van der Waals surface area contributed by atoms with E-state index in [4.69, 9.17) is 21.1 Å². The molecule has 1 aromatic carbocycles. The Morgan fingerprint density at radius 3 is 2.46 bits per heavy atom. The Balaban J connectivity index is 2.80. The molecule has 7 nitrogen and oxygen atoms in total. The number of aliphatic carboxylic acids is 1. The predicted octanol–water partition coefficient (Wildman–Crippen LogP) is 2.59. The van der Waals surface area contributed by atoms with Gasteiger partial charge in [-0.05, 0) is 25.5 Å². The quantitative estimate of drug-likeness (QED) is 0.789. The maximum atomic E-state index is 12.6. The smallest absolute Gasteiger partial charge is 0.355 e. The second-order valence-electron chi connectivity index (χ2n) is 5.54. The standard InChI is InChI=1S/C18H18ClNO6/c1-4-26-18(24)14-13(10-7-5-6-8-11(10)19)12(17(23)25-3)9(2)20-15(14)16(21)22/h5-8,12-13H,4H2,1-3H3,(H,21,22). The van der Waals surface area contributed by atoms with Gasteiger partial charge in [-0.1, -0.05) is 29.8 Å². The minimum Gasteiger partial charge on any atom is -0.476 e. The fourth-order valence-corrected chi connectivity index (χ4v) is 3.21. The second-order valence-corrected chi connectivity index (χ2v) is 5.95. The lowest BCUT2D eigenvalue weighted by Crippen LogP contribution is -2.37. The molecule has 1 N–H and O–H groups in total. The average molecular weight is 380 g/mol. The number of halogens is 1. The number of nitrogens with zero attached hydrogens (tertiary/aromatic N) is 1. The Morgan fingerprint density at radius 2 is 1.92 bits per heavy atom. The number of rotatable bonds is 5. The van der Waals surface area contributed by atoms with Crippen LogP contribution in [-0.4, -0.2) is 42.4 Å². The van der Waals surface area contributed by atoms with Crippen molar-refractivity contribution in [3.8, 4) is 0 Å². The fourth-order valence-electron chi connectivity index (χ4n) is 2.95. The summed E-state index contributed by atoms with van der Waals surface area (Å²) in [4.78, 5) is 40.6. The molecule has 138 valence electrons. The van der Waals surface area contributed by atoms with Gasteiger partial charge in [0.1, 0.15) is 5.92 Å². The molecule has 2 rings (SSSR count). The average Bonchev–Trinajstić information content (AvgIpc) is 2.60. The van der Waals surface area contributed by atoms with Crippen molar-refractivity contribution >= 4 is 35.2 Å². The van der Waals surface area contributed by atoms with Crippen LogP contribution in [0.5, 0.6) is 0 Å². The number of methoxy groups -OCH3 is 1. The number of carboxylic acid groups (broad SMARTS) is 1. The molecule has 0 aromatic heterocycles. The summed E-state index contributed by atoms with van der Waals surface area (Å²) in [5, 5.41) is 9.82. The number of carbonyl (C=O) groups is 3. The van der Waals surface area contributed by atoms with Crippen LogP contribution in [0.1, 0.15) is 25.3 Å². The Morgan fingerprint density at radius 1 is 1.27 bits per heavy atom. The highest BCUT2D eigenvalue weighted by Crippen LogP contribution is 2.42. The second kappa shape index (κ2) is 8.14. The summed E-state index contributed by atoms with van der Waals surface area (Å²) in [7, 11) is 1.21. The third-order valence-corrected chi connectivity index (χ3v) is 4.38. The minimum atomic E-state index is -1.40. The van der Waals surface area contributed by atoms with Gasteiger partial charge >= 0.3 is 17.9 Å². The van der Waals surface area contributed by atoms with Crippen LogP contribution < -0.4 is 0 Å². The van der Waals surface area contributed by atoms with Crippen LogP contribution in [0.2, 0.25) is 5.02 Å². The minimum absolute atomic E-state index is 0.0378. The van der Waals surface area contributed by atoms with Crippen LogP contribution in [0, 0.1) is 5.92 Å². The van der Waals surface area contributed by atoms with Crippen LogP contribution in [0.4, 0.5) is 0 Å². The third-order valence-electron chi connectivity index (χ3n) is 4.03. The van der Waals surface area contributed by atoms with E-state index in [1.807, 2.05) is 0 Å². The van der Waals surface area contributed by atoms with Crippen molar-refractivity contribution in [2.75, 3.05) is 13.7 Å². The van der Waals surface area contributed by atoms with Crippen LogP contribution in [0.25, 0.3) is 0 Å². The molecule has 0 fully saturated rings. The highest BCUT2D eigenvalue weighted by molar-refractivity contribution is 6.31. The van der Waals surface area contributed by atoms with Crippen LogP contribution in [-0.2, 0) is 23.9 Å². The Hall–Kier alpha value is -2.67. The van der Waals surface area contributed by atoms with Gasteiger partial charge < -0.3 is 14.6 Å². The van der Waals surface area contributed by atoms with Crippen LogP contribution >= 0.6 is 11.6 Å². The van der Waals surface area contributed by atoms with Gasteiger partial charge in [0.15, 0.2) is 5.70 Å². The van der Waals surface area contributed by atoms with Crippen molar-refractivity contribution in [3.05, 3.63) is 46.1 Å². The molecule has 1 aliphatic rings. The third kappa shape index (κ3) is 3.62. The molecule has 8 heteroatoms.